The first-order valence-corrected chi connectivity index (χ1v) is 10.1. The summed E-state index contributed by atoms with van der Waals surface area (Å²) >= 11 is 5.61. The molecule has 0 aliphatic carbocycles. The van der Waals surface area contributed by atoms with E-state index in [2.05, 4.69) is 57.7 Å². The monoisotopic (exact) mass is 407 g/mol. The third-order valence-electron chi connectivity index (χ3n) is 5.46. The molecule has 0 amide bonds. The molecule has 1 saturated heterocycles. The third kappa shape index (κ3) is 3.52. The minimum Gasteiger partial charge on any atom is -0.395 e. The maximum atomic E-state index is 9.64. The quantitative estimate of drug-likeness (QED) is 0.634. The van der Waals surface area contributed by atoms with Gasteiger partial charge in [-0.15, -0.1) is 0 Å². The lowest BCUT2D eigenvalue weighted by atomic mass is 9.97. The number of hydrogen-bond donors (Lipinski definition) is 2. The van der Waals surface area contributed by atoms with Crippen LogP contribution in [0.4, 0.5) is 0 Å². The van der Waals surface area contributed by atoms with Gasteiger partial charge >= 0.3 is 0 Å². The summed E-state index contributed by atoms with van der Waals surface area (Å²) in [7, 11) is 0. The number of β-amino-alcohol motifs (C(OH)–C–C–N with tert-alkyl or cyclic N) is 1. The Morgan fingerprint density at radius 2 is 1.93 bits per heavy atom. The highest BCUT2D eigenvalue weighted by atomic mass is 32.1. The number of thiocarbonyl (C=S) groups is 1. The molecule has 3 aromatic heterocycles. The molecule has 0 spiro atoms. The van der Waals surface area contributed by atoms with Gasteiger partial charge in [0, 0.05) is 30.3 Å². The molecular formula is C22H25N5OS. The first-order chi connectivity index (χ1) is 14.0. The van der Waals surface area contributed by atoms with Gasteiger partial charge in [-0.2, -0.15) is 0 Å². The normalized spacial score (nSPS) is 18.9. The molecule has 0 unspecified atom stereocenters. The van der Waals surface area contributed by atoms with Crippen LogP contribution in [0.25, 0.3) is 5.82 Å². The molecule has 150 valence electrons. The van der Waals surface area contributed by atoms with Crippen molar-refractivity contribution in [3.8, 4) is 5.82 Å². The second-order valence-electron chi connectivity index (χ2n) is 7.40. The van der Waals surface area contributed by atoms with Crippen LogP contribution in [0.1, 0.15) is 40.3 Å². The van der Waals surface area contributed by atoms with E-state index < -0.39 is 0 Å². The standard InChI is InChI=1S/C22H25N5OS/c1-14-7-9-24-19(12-14)27-15(2)13-17(16(27)3)21-20(18-6-4-5-8-23-18)25-22(29)26(21)10-11-28/h4-9,12-13,20-21,28H,10-11H2,1-3H3,(H,25,29)/t20-,21-/m0/s1. The first-order valence-electron chi connectivity index (χ1n) is 9.72. The van der Waals surface area contributed by atoms with Crippen LogP contribution in [0.15, 0.2) is 48.8 Å². The topological polar surface area (TPSA) is 66.2 Å². The van der Waals surface area contributed by atoms with Crippen molar-refractivity contribution in [2.24, 2.45) is 0 Å². The van der Waals surface area contributed by atoms with Crippen molar-refractivity contribution in [1.29, 1.82) is 0 Å². The van der Waals surface area contributed by atoms with Crippen molar-refractivity contribution >= 4 is 17.3 Å². The number of aryl methyl sites for hydroxylation is 2. The van der Waals surface area contributed by atoms with E-state index in [1.165, 1.54) is 5.56 Å². The van der Waals surface area contributed by atoms with E-state index in [-0.39, 0.29) is 18.7 Å². The maximum absolute atomic E-state index is 9.64. The molecule has 1 fully saturated rings. The summed E-state index contributed by atoms with van der Waals surface area (Å²) in [5.74, 6) is 0.905. The van der Waals surface area contributed by atoms with Gasteiger partial charge in [0.25, 0.3) is 0 Å². The number of rotatable bonds is 5. The smallest absolute Gasteiger partial charge is 0.170 e. The van der Waals surface area contributed by atoms with Crippen molar-refractivity contribution in [2.75, 3.05) is 13.2 Å². The lowest BCUT2D eigenvalue weighted by Crippen LogP contribution is -2.32. The molecule has 3 aromatic rings. The Balaban J connectivity index is 1.84. The largest absolute Gasteiger partial charge is 0.395 e. The number of aromatic nitrogens is 3. The molecule has 29 heavy (non-hydrogen) atoms. The fraction of sp³-hybridized carbons (Fsp3) is 0.318. The molecule has 1 aliphatic rings. The van der Waals surface area contributed by atoms with Crippen molar-refractivity contribution < 1.29 is 5.11 Å². The molecule has 0 radical (unpaired) electrons. The lowest BCUT2D eigenvalue weighted by molar-refractivity contribution is 0.223. The van der Waals surface area contributed by atoms with Crippen LogP contribution < -0.4 is 5.32 Å². The summed E-state index contributed by atoms with van der Waals surface area (Å²) < 4.78 is 2.18. The Kier molecular flexibility index (Phi) is 5.34. The van der Waals surface area contributed by atoms with Gasteiger partial charge in [-0.1, -0.05) is 6.07 Å². The second-order valence-corrected chi connectivity index (χ2v) is 7.78. The van der Waals surface area contributed by atoms with Gasteiger partial charge in [-0.3, -0.25) is 4.98 Å². The van der Waals surface area contributed by atoms with Crippen molar-refractivity contribution in [2.45, 2.75) is 32.9 Å². The van der Waals surface area contributed by atoms with Crippen LogP contribution in [0.3, 0.4) is 0 Å². The fourth-order valence-electron chi connectivity index (χ4n) is 4.17. The second kappa shape index (κ2) is 7.93. The summed E-state index contributed by atoms with van der Waals surface area (Å²) in [5.41, 5.74) is 5.47. The zero-order valence-corrected chi connectivity index (χ0v) is 17.6. The minimum absolute atomic E-state index is 0.0332. The Bertz CT molecular complexity index is 1030. The Hall–Kier alpha value is -2.77. The third-order valence-corrected chi connectivity index (χ3v) is 5.81. The van der Waals surface area contributed by atoms with Crippen LogP contribution in [-0.2, 0) is 0 Å². The Labute approximate surface area is 176 Å². The molecule has 1 aliphatic heterocycles. The molecule has 7 heteroatoms. The molecule has 0 aromatic carbocycles. The maximum Gasteiger partial charge on any atom is 0.170 e. The van der Waals surface area contributed by atoms with E-state index in [0.29, 0.717) is 11.7 Å². The summed E-state index contributed by atoms with van der Waals surface area (Å²) in [4.78, 5) is 11.2. The molecular weight excluding hydrogens is 382 g/mol. The van der Waals surface area contributed by atoms with E-state index in [9.17, 15) is 5.11 Å². The van der Waals surface area contributed by atoms with Crippen molar-refractivity contribution in [1.82, 2.24) is 24.8 Å². The van der Waals surface area contributed by atoms with E-state index in [4.69, 9.17) is 12.2 Å². The van der Waals surface area contributed by atoms with Gasteiger partial charge in [-0.05, 0) is 74.4 Å². The summed E-state index contributed by atoms with van der Waals surface area (Å²) in [6.45, 7) is 6.77. The van der Waals surface area contributed by atoms with Gasteiger partial charge in [0.15, 0.2) is 5.11 Å². The molecule has 4 heterocycles. The van der Waals surface area contributed by atoms with Crippen LogP contribution in [0.2, 0.25) is 0 Å². The van der Waals surface area contributed by atoms with Crippen LogP contribution >= 0.6 is 12.2 Å². The van der Waals surface area contributed by atoms with Crippen molar-refractivity contribution in [3.05, 3.63) is 77.0 Å². The number of hydrogen-bond acceptors (Lipinski definition) is 4. The van der Waals surface area contributed by atoms with E-state index in [1.807, 2.05) is 30.5 Å². The fourth-order valence-corrected chi connectivity index (χ4v) is 4.51. The average molecular weight is 408 g/mol. The number of nitrogens with zero attached hydrogens (tertiary/aromatic N) is 4. The van der Waals surface area contributed by atoms with Gasteiger partial charge in [-0.25, -0.2) is 4.98 Å². The summed E-state index contributed by atoms with van der Waals surface area (Å²) in [6.07, 6.45) is 3.63. The Morgan fingerprint density at radius 3 is 2.62 bits per heavy atom. The van der Waals surface area contributed by atoms with Crippen LogP contribution in [-0.4, -0.2) is 42.8 Å². The van der Waals surface area contributed by atoms with E-state index in [1.54, 1.807) is 6.20 Å². The number of pyridine rings is 2. The van der Waals surface area contributed by atoms with Crippen LogP contribution in [0, 0.1) is 20.8 Å². The average Bonchev–Trinajstić information content (AvgIpc) is 3.18. The zero-order valence-electron chi connectivity index (χ0n) is 16.8. The van der Waals surface area contributed by atoms with E-state index in [0.717, 1.165) is 28.5 Å². The SMILES string of the molecule is Cc1ccnc(-n2c(C)cc([C@H]3[C@H](c4ccccn4)NC(=S)N3CCO)c2C)c1. The number of aliphatic hydroxyl groups is 1. The predicted molar refractivity (Wildman–Crippen MR) is 117 cm³/mol. The van der Waals surface area contributed by atoms with Gasteiger partial charge in [0.2, 0.25) is 0 Å². The minimum atomic E-state index is -0.0883. The molecule has 0 saturated carbocycles. The highest BCUT2D eigenvalue weighted by molar-refractivity contribution is 7.80. The van der Waals surface area contributed by atoms with Gasteiger partial charge < -0.3 is 19.9 Å². The number of aliphatic hydroxyl groups excluding tert-OH is 1. The van der Waals surface area contributed by atoms with Crippen LogP contribution in [0.5, 0.6) is 0 Å². The summed E-state index contributed by atoms with van der Waals surface area (Å²) in [5, 5.41) is 13.7. The van der Waals surface area contributed by atoms with Gasteiger partial charge in [0.05, 0.1) is 24.4 Å². The highest BCUT2D eigenvalue weighted by Crippen LogP contribution is 2.41. The number of nitrogens with one attached hydrogen (secondary N) is 1. The van der Waals surface area contributed by atoms with Gasteiger partial charge in [0.1, 0.15) is 5.82 Å². The molecule has 0 bridgehead atoms. The molecule has 2 N–H and O–H groups in total. The molecule has 4 rings (SSSR count). The Morgan fingerprint density at radius 1 is 1.10 bits per heavy atom. The first kappa shape index (κ1) is 19.5. The van der Waals surface area contributed by atoms with E-state index >= 15 is 0 Å². The zero-order chi connectivity index (χ0) is 20.5. The predicted octanol–water partition coefficient (Wildman–Crippen LogP) is 3.16. The van der Waals surface area contributed by atoms with Crippen molar-refractivity contribution in [3.63, 3.8) is 0 Å². The summed E-state index contributed by atoms with van der Waals surface area (Å²) in [6, 6.07) is 12.0. The molecule has 2 atom stereocenters. The molecule has 6 nitrogen and oxygen atoms in total. The highest BCUT2D eigenvalue weighted by Gasteiger charge is 2.41. The lowest BCUT2D eigenvalue weighted by Gasteiger charge is -2.27.